The van der Waals surface area contributed by atoms with E-state index in [1.54, 1.807) is 19.1 Å². The number of hydrogen-bond acceptors (Lipinski definition) is 5. The molecule has 2 fully saturated rings. The maximum Gasteiger partial charge on any atom is 0.271 e. The van der Waals surface area contributed by atoms with Crippen molar-refractivity contribution in [3.63, 3.8) is 0 Å². The Morgan fingerprint density at radius 2 is 1.86 bits per heavy atom. The van der Waals surface area contributed by atoms with Crippen LogP contribution in [0.5, 0.6) is 5.88 Å². The normalized spacial score (nSPS) is 19.3. The topological polar surface area (TPSA) is 101 Å². The van der Waals surface area contributed by atoms with Crippen LogP contribution in [0.2, 0.25) is 5.02 Å². The summed E-state index contributed by atoms with van der Waals surface area (Å²) in [7, 11) is 0. The Kier molecular flexibility index (Phi) is 7.26. The summed E-state index contributed by atoms with van der Waals surface area (Å²) in [5, 5.41) is 18.8. The van der Waals surface area contributed by atoms with Crippen molar-refractivity contribution in [2.24, 2.45) is 10.2 Å². The third kappa shape index (κ3) is 5.10. The highest BCUT2D eigenvalue weighted by molar-refractivity contribution is 6.39. The van der Waals surface area contributed by atoms with Gasteiger partial charge < -0.3 is 19.9 Å². The Morgan fingerprint density at radius 3 is 2.59 bits per heavy atom. The van der Waals surface area contributed by atoms with E-state index >= 15 is 0 Å². The molecule has 37 heavy (non-hydrogen) atoms. The van der Waals surface area contributed by atoms with E-state index < -0.39 is 17.6 Å². The van der Waals surface area contributed by atoms with Gasteiger partial charge in [-0.25, -0.2) is 4.39 Å². The minimum atomic E-state index is -0.660. The monoisotopic (exact) mass is 525 g/mol. The second-order valence-corrected chi connectivity index (χ2v) is 10.2. The van der Waals surface area contributed by atoms with Gasteiger partial charge in [0.25, 0.3) is 11.8 Å². The van der Waals surface area contributed by atoms with Crippen LogP contribution in [-0.2, 0) is 4.79 Å². The molecule has 3 heterocycles. The van der Waals surface area contributed by atoms with Gasteiger partial charge in [0, 0.05) is 19.1 Å². The molecule has 3 aromatic rings. The van der Waals surface area contributed by atoms with Gasteiger partial charge in [-0.1, -0.05) is 23.7 Å². The van der Waals surface area contributed by atoms with Crippen LogP contribution >= 0.6 is 11.6 Å². The Bertz CT molecular complexity index is 1350. The van der Waals surface area contributed by atoms with E-state index in [4.69, 9.17) is 11.6 Å². The van der Waals surface area contributed by atoms with Crippen molar-refractivity contribution in [1.29, 1.82) is 0 Å². The number of aromatic hydroxyl groups is 1. The zero-order valence-electron chi connectivity index (χ0n) is 20.6. The number of H-pyrrole nitrogens is 1. The Hall–Kier alpha value is -3.30. The maximum atomic E-state index is 13.6. The Balaban J connectivity index is 1.40. The van der Waals surface area contributed by atoms with Gasteiger partial charge in [-0.3, -0.25) is 9.59 Å². The highest BCUT2D eigenvalue weighted by atomic mass is 35.5. The molecule has 2 amide bonds. The summed E-state index contributed by atoms with van der Waals surface area (Å²) in [6.07, 6.45) is 4.30. The molecule has 194 valence electrons. The quantitative estimate of drug-likeness (QED) is 0.398. The molecule has 2 aromatic carbocycles. The van der Waals surface area contributed by atoms with Crippen LogP contribution in [0, 0.1) is 5.82 Å². The summed E-state index contributed by atoms with van der Waals surface area (Å²) < 4.78 is 13.2. The third-order valence-corrected chi connectivity index (χ3v) is 7.77. The molecule has 0 spiro atoms. The number of rotatable bonds is 6. The number of fused-ring (bicyclic) bond motifs is 1. The molecule has 2 aliphatic rings. The zero-order chi connectivity index (χ0) is 26.1. The number of hydrogen-bond donors (Lipinski definition) is 2. The number of nitrogens with one attached hydrogen (secondary N) is 1. The molecule has 2 atom stereocenters. The van der Waals surface area contributed by atoms with Gasteiger partial charge in [0.2, 0.25) is 5.88 Å². The number of likely N-dealkylation sites (tertiary alicyclic amines) is 2. The standard InChI is InChI=1S/C27H29ClFN5O3/c1-16(17-6-8-18(29)9-7-17)25(35)32-31-24-22-21(30-26(24)36)11-10-20(23(22)28)27(37)34-14-4-5-19(34)15-33-12-2-3-13-33/h6-11,16,19,30,36H,2-5,12-15H2,1H3/t16?,19-/m1/s1. The minimum Gasteiger partial charge on any atom is -0.493 e. The summed E-state index contributed by atoms with van der Waals surface area (Å²) in [5.74, 6) is -2.08. The highest BCUT2D eigenvalue weighted by Gasteiger charge is 2.33. The second kappa shape index (κ2) is 10.6. The van der Waals surface area contributed by atoms with Gasteiger partial charge in [0.1, 0.15) is 5.82 Å². The molecule has 0 saturated carbocycles. The summed E-state index contributed by atoms with van der Waals surface area (Å²) in [4.78, 5) is 33.3. The zero-order valence-corrected chi connectivity index (χ0v) is 21.3. The number of azo groups is 1. The first-order valence-corrected chi connectivity index (χ1v) is 13.0. The van der Waals surface area contributed by atoms with Gasteiger partial charge in [0.15, 0.2) is 5.69 Å². The largest absolute Gasteiger partial charge is 0.493 e. The van der Waals surface area contributed by atoms with E-state index in [1.165, 1.54) is 37.1 Å². The van der Waals surface area contributed by atoms with E-state index in [9.17, 15) is 19.1 Å². The molecule has 0 radical (unpaired) electrons. The molecular weight excluding hydrogens is 497 g/mol. The number of aromatic amines is 1. The third-order valence-electron chi connectivity index (χ3n) is 7.38. The first-order chi connectivity index (χ1) is 17.8. The van der Waals surface area contributed by atoms with Crippen molar-refractivity contribution < 1.29 is 19.1 Å². The molecule has 8 nitrogen and oxygen atoms in total. The summed E-state index contributed by atoms with van der Waals surface area (Å²) in [6.45, 7) is 5.32. The molecule has 10 heteroatoms. The summed E-state index contributed by atoms with van der Waals surface area (Å²) in [6, 6.07) is 9.04. The molecule has 1 unspecified atom stereocenters. The Labute approximate surface area is 219 Å². The minimum absolute atomic E-state index is 0.00987. The van der Waals surface area contributed by atoms with Crippen LogP contribution in [-0.4, -0.2) is 63.9 Å². The Morgan fingerprint density at radius 1 is 1.14 bits per heavy atom. The van der Waals surface area contributed by atoms with Crippen LogP contribution < -0.4 is 0 Å². The van der Waals surface area contributed by atoms with Gasteiger partial charge in [-0.15, -0.1) is 10.2 Å². The van der Waals surface area contributed by atoms with Crippen LogP contribution in [0.15, 0.2) is 46.6 Å². The van der Waals surface area contributed by atoms with Crippen LogP contribution in [0.1, 0.15) is 54.4 Å². The van der Waals surface area contributed by atoms with Crippen LogP contribution in [0.4, 0.5) is 10.1 Å². The van der Waals surface area contributed by atoms with Crippen molar-refractivity contribution in [3.05, 3.63) is 58.4 Å². The van der Waals surface area contributed by atoms with Gasteiger partial charge >= 0.3 is 0 Å². The molecule has 2 aliphatic heterocycles. The fraction of sp³-hybridized carbons (Fsp3) is 0.407. The lowest BCUT2D eigenvalue weighted by atomic mass is 10.0. The van der Waals surface area contributed by atoms with Crippen molar-refractivity contribution in [2.75, 3.05) is 26.2 Å². The lowest BCUT2D eigenvalue weighted by molar-refractivity contribution is -0.119. The average molecular weight is 526 g/mol. The number of aromatic nitrogens is 1. The number of benzene rings is 2. The number of carbonyl (C=O) groups excluding carboxylic acids is 2. The second-order valence-electron chi connectivity index (χ2n) is 9.79. The number of halogens is 2. The summed E-state index contributed by atoms with van der Waals surface area (Å²) >= 11 is 6.73. The molecule has 2 saturated heterocycles. The van der Waals surface area contributed by atoms with Crippen molar-refractivity contribution >= 4 is 40.0 Å². The van der Waals surface area contributed by atoms with Crippen molar-refractivity contribution in [1.82, 2.24) is 14.8 Å². The number of carbonyl (C=O) groups is 2. The molecular formula is C27H29ClFN5O3. The van der Waals surface area contributed by atoms with Crippen LogP contribution in [0.25, 0.3) is 10.9 Å². The van der Waals surface area contributed by atoms with E-state index in [0.717, 1.165) is 32.5 Å². The lowest BCUT2D eigenvalue weighted by Gasteiger charge is -2.29. The predicted octanol–water partition coefficient (Wildman–Crippen LogP) is 5.78. The lowest BCUT2D eigenvalue weighted by Crippen LogP contribution is -2.42. The van der Waals surface area contributed by atoms with E-state index in [0.29, 0.717) is 28.6 Å². The highest BCUT2D eigenvalue weighted by Crippen LogP contribution is 2.42. The van der Waals surface area contributed by atoms with Gasteiger partial charge in [-0.05, 0) is 75.5 Å². The van der Waals surface area contributed by atoms with Gasteiger partial charge in [-0.2, -0.15) is 0 Å². The van der Waals surface area contributed by atoms with Crippen LogP contribution in [0.3, 0.4) is 0 Å². The van der Waals surface area contributed by atoms with Crippen molar-refractivity contribution in [2.45, 2.75) is 44.6 Å². The molecule has 0 aliphatic carbocycles. The van der Waals surface area contributed by atoms with Gasteiger partial charge in [0.05, 0.1) is 27.4 Å². The predicted molar refractivity (Wildman–Crippen MR) is 139 cm³/mol. The fourth-order valence-electron chi connectivity index (χ4n) is 5.27. The van der Waals surface area contributed by atoms with Crippen molar-refractivity contribution in [3.8, 4) is 5.88 Å². The number of nitrogens with zero attached hydrogens (tertiary/aromatic N) is 4. The van der Waals surface area contributed by atoms with E-state index in [-0.39, 0.29) is 28.5 Å². The van der Waals surface area contributed by atoms with E-state index in [1.807, 2.05) is 4.90 Å². The van der Waals surface area contributed by atoms with E-state index in [2.05, 4.69) is 20.1 Å². The number of amides is 2. The smallest absolute Gasteiger partial charge is 0.271 e. The average Bonchev–Trinajstić information content (AvgIpc) is 3.63. The molecule has 5 rings (SSSR count). The first-order valence-electron chi connectivity index (χ1n) is 12.6. The molecule has 2 N–H and O–H groups in total. The SMILES string of the molecule is CC(C(=O)N=Nc1c(O)[nH]c2ccc(C(=O)N3CCC[C@@H]3CN3CCCC3)c(Cl)c12)c1ccc(F)cc1. The molecule has 0 bridgehead atoms. The summed E-state index contributed by atoms with van der Waals surface area (Å²) in [5.41, 5.74) is 1.38. The fourth-order valence-corrected chi connectivity index (χ4v) is 5.61. The molecule has 1 aromatic heterocycles. The maximum absolute atomic E-state index is 13.6. The first kappa shape index (κ1) is 25.4.